The summed E-state index contributed by atoms with van der Waals surface area (Å²) >= 11 is 0. The summed E-state index contributed by atoms with van der Waals surface area (Å²) in [5.41, 5.74) is 3.44. The number of rotatable bonds is 4. The maximum Gasteiger partial charge on any atom is 0.390 e. The van der Waals surface area contributed by atoms with Crippen molar-refractivity contribution in [2.45, 2.75) is 39.4 Å². The molecule has 0 amide bonds. The number of nitrogens with zero attached hydrogens (tertiary/aromatic N) is 2. The normalized spacial score (nSPS) is 11.8. The summed E-state index contributed by atoms with van der Waals surface area (Å²) in [4.78, 5) is 4.18. The van der Waals surface area contributed by atoms with Gasteiger partial charge in [-0.1, -0.05) is 18.2 Å². The smallest absolute Gasteiger partial charge is 0.334 e. The lowest BCUT2D eigenvalue weighted by Gasteiger charge is -2.12. The highest BCUT2D eigenvalue weighted by molar-refractivity contribution is 5.34. The Morgan fingerprint density at radius 3 is 2.65 bits per heavy atom. The van der Waals surface area contributed by atoms with Gasteiger partial charge in [-0.25, -0.2) is 4.98 Å². The standard InChI is InChI=1S/C15H17F3N2/c1-11-4-3-5-13(12(11)2)10-14-19-7-9-20(14)8-6-15(16,17)18/h3-5,7,9H,6,8,10H2,1-2H3. The molecule has 1 aromatic heterocycles. The molecule has 20 heavy (non-hydrogen) atoms. The van der Waals surface area contributed by atoms with Gasteiger partial charge in [-0.15, -0.1) is 0 Å². The monoisotopic (exact) mass is 282 g/mol. The number of alkyl halides is 3. The molecule has 0 N–H and O–H groups in total. The highest BCUT2D eigenvalue weighted by Gasteiger charge is 2.26. The van der Waals surface area contributed by atoms with Crippen LogP contribution >= 0.6 is 0 Å². The molecule has 0 saturated heterocycles. The van der Waals surface area contributed by atoms with Crippen molar-refractivity contribution in [3.63, 3.8) is 0 Å². The highest BCUT2D eigenvalue weighted by Crippen LogP contribution is 2.21. The van der Waals surface area contributed by atoms with Crippen molar-refractivity contribution >= 4 is 0 Å². The molecule has 0 radical (unpaired) electrons. The van der Waals surface area contributed by atoms with Crippen molar-refractivity contribution in [2.75, 3.05) is 0 Å². The van der Waals surface area contributed by atoms with Crippen LogP contribution in [0.5, 0.6) is 0 Å². The van der Waals surface area contributed by atoms with Gasteiger partial charge >= 0.3 is 6.18 Å². The summed E-state index contributed by atoms with van der Waals surface area (Å²) in [6, 6.07) is 5.97. The molecule has 0 atom stereocenters. The van der Waals surface area contributed by atoms with Crippen LogP contribution in [0.15, 0.2) is 30.6 Å². The molecule has 2 rings (SSSR count). The van der Waals surface area contributed by atoms with Crippen molar-refractivity contribution in [3.05, 3.63) is 53.1 Å². The molecule has 0 aliphatic heterocycles. The van der Waals surface area contributed by atoms with Crippen LogP contribution in [-0.2, 0) is 13.0 Å². The summed E-state index contributed by atoms with van der Waals surface area (Å²) in [5, 5.41) is 0. The zero-order valence-electron chi connectivity index (χ0n) is 11.5. The third kappa shape index (κ3) is 3.62. The Labute approximate surface area is 116 Å². The minimum Gasteiger partial charge on any atom is -0.334 e. The molecular formula is C15H17F3N2. The Kier molecular flexibility index (Phi) is 4.16. The van der Waals surface area contributed by atoms with Gasteiger partial charge < -0.3 is 4.57 Å². The molecule has 108 valence electrons. The molecule has 0 spiro atoms. The SMILES string of the molecule is Cc1cccc(Cc2nccn2CCC(F)(F)F)c1C. The van der Waals surface area contributed by atoms with E-state index in [0.717, 1.165) is 11.1 Å². The van der Waals surface area contributed by atoms with Crippen molar-refractivity contribution < 1.29 is 13.2 Å². The van der Waals surface area contributed by atoms with Gasteiger partial charge in [-0.3, -0.25) is 0 Å². The lowest BCUT2D eigenvalue weighted by atomic mass is 10.0. The van der Waals surface area contributed by atoms with Gasteiger partial charge in [0.15, 0.2) is 0 Å². The van der Waals surface area contributed by atoms with Crippen LogP contribution in [0.4, 0.5) is 13.2 Å². The molecule has 0 fully saturated rings. The first-order valence-electron chi connectivity index (χ1n) is 6.48. The maximum atomic E-state index is 12.3. The predicted molar refractivity (Wildman–Crippen MR) is 71.6 cm³/mol. The minimum absolute atomic E-state index is 0.0797. The van der Waals surface area contributed by atoms with Crippen molar-refractivity contribution in [1.82, 2.24) is 9.55 Å². The van der Waals surface area contributed by atoms with Gasteiger partial charge in [0.05, 0.1) is 6.42 Å². The molecule has 0 bridgehead atoms. The van der Waals surface area contributed by atoms with Gasteiger partial charge in [-0.2, -0.15) is 13.2 Å². The van der Waals surface area contributed by atoms with E-state index in [1.807, 2.05) is 32.0 Å². The molecule has 2 nitrogen and oxygen atoms in total. The van der Waals surface area contributed by atoms with E-state index in [1.165, 1.54) is 5.56 Å². The van der Waals surface area contributed by atoms with Crippen molar-refractivity contribution in [1.29, 1.82) is 0 Å². The van der Waals surface area contributed by atoms with E-state index >= 15 is 0 Å². The molecule has 1 aromatic carbocycles. The molecule has 2 aromatic rings. The van der Waals surface area contributed by atoms with Crippen LogP contribution in [0, 0.1) is 13.8 Å². The van der Waals surface area contributed by atoms with Crippen LogP contribution in [0.25, 0.3) is 0 Å². The Hall–Kier alpha value is -1.78. The predicted octanol–water partition coefficient (Wildman–Crippen LogP) is 4.04. The van der Waals surface area contributed by atoms with E-state index in [-0.39, 0.29) is 6.54 Å². The Balaban J connectivity index is 2.14. The first-order chi connectivity index (χ1) is 9.37. The van der Waals surface area contributed by atoms with E-state index < -0.39 is 12.6 Å². The first kappa shape index (κ1) is 14.6. The fourth-order valence-corrected chi connectivity index (χ4v) is 2.13. The summed E-state index contributed by atoms with van der Waals surface area (Å²) in [7, 11) is 0. The first-order valence-corrected chi connectivity index (χ1v) is 6.48. The zero-order chi connectivity index (χ0) is 14.8. The topological polar surface area (TPSA) is 17.8 Å². The third-order valence-electron chi connectivity index (χ3n) is 3.50. The number of benzene rings is 1. The molecule has 0 saturated carbocycles. The van der Waals surface area contributed by atoms with Gasteiger partial charge in [0.1, 0.15) is 5.82 Å². The van der Waals surface area contributed by atoms with E-state index in [2.05, 4.69) is 4.98 Å². The molecule has 1 heterocycles. The fourth-order valence-electron chi connectivity index (χ4n) is 2.13. The summed E-state index contributed by atoms with van der Waals surface area (Å²) in [6.45, 7) is 3.96. The van der Waals surface area contributed by atoms with Crippen LogP contribution < -0.4 is 0 Å². The lowest BCUT2D eigenvalue weighted by Crippen LogP contribution is -2.14. The van der Waals surface area contributed by atoms with Gasteiger partial charge in [0.25, 0.3) is 0 Å². The average molecular weight is 282 g/mol. The van der Waals surface area contributed by atoms with E-state index in [9.17, 15) is 13.2 Å². The van der Waals surface area contributed by atoms with E-state index in [1.54, 1.807) is 17.0 Å². The number of aromatic nitrogens is 2. The molecule has 0 unspecified atom stereocenters. The maximum absolute atomic E-state index is 12.3. The second kappa shape index (κ2) is 5.69. The fraction of sp³-hybridized carbons (Fsp3) is 0.400. The largest absolute Gasteiger partial charge is 0.390 e. The van der Waals surface area contributed by atoms with Crippen molar-refractivity contribution in [3.8, 4) is 0 Å². The minimum atomic E-state index is -4.14. The average Bonchev–Trinajstić information content (AvgIpc) is 2.79. The van der Waals surface area contributed by atoms with Crippen LogP contribution in [0.2, 0.25) is 0 Å². The molecule has 0 aliphatic carbocycles. The number of hydrogen-bond donors (Lipinski definition) is 0. The summed E-state index contributed by atoms with van der Waals surface area (Å²) in [6.07, 6.45) is -1.26. The van der Waals surface area contributed by atoms with Crippen LogP contribution in [-0.4, -0.2) is 15.7 Å². The Bertz CT molecular complexity index is 585. The number of halogens is 3. The van der Waals surface area contributed by atoms with Crippen molar-refractivity contribution in [2.24, 2.45) is 0 Å². The highest BCUT2D eigenvalue weighted by atomic mass is 19.4. The van der Waals surface area contributed by atoms with Gasteiger partial charge in [-0.05, 0) is 30.5 Å². The quantitative estimate of drug-likeness (QED) is 0.827. The molecule has 0 aliphatic rings. The number of hydrogen-bond acceptors (Lipinski definition) is 1. The second-order valence-electron chi connectivity index (χ2n) is 4.94. The molecule has 5 heteroatoms. The Morgan fingerprint density at radius 1 is 1.20 bits per heavy atom. The van der Waals surface area contributed by atoms with E-state index in [0.29, 0.717) is 12.2 Å². The van der Waals surface area contributed by atoms with Crippen LogP contribution in [0.3, 0.4) is 0 Å². The van der Waals surface area contributed by atoms with Gasteiger partial charge in [0, 0.05) is 25.4 Å². The van der Waals surface area contributed by atoms with E-state index in [4.69, 9.17) is 0 Å². The molecular weight excluding hydrogens is 265 g/mol. The third-order valence-corrected chi connectivity index (χ3v) is 3.50. The lowest BCUT2D eigenvalue weighted by molar-refractivity contribution is -0.136. The number of imidazole rings is 1. The number of aryl methyl sites for hydroxylation is 2. The van der Waals surface area contributed by atoms with Crippen LogP contribution in [0.1, 0.15) is 28.9 Å². The second-order valence-corrected chi connectivity index (χ2v) is 4.94. The zero-order valence-corrected chi connectivity index (χ0v) is 11.5. The van der Waals surface area contributed by atoms with Gasteiger partial charge in [0.2, 0.25) is 0 Å². The summed E-state index contributed by atoms with van der Waals surface area (Å²) in [5.74, 6) is 0.669. The Morgan fingerprint density at radius 2 is 1.95 bits per heavy atom. The summed E-state index contributed by atoms with van der Waals surface area (Å²) < 4.78 is 38.4.